The second-order valence-corrected chi connectivity index (χ2v) is 7.08. The quantitative estimate of drug-likeness (QED) is 0.803. The molecule has 2 aromatic rings. The molecule has 2 aromatic heterocycles. The van der Waals surface area contributed by atoms with Crippen LogP contribution in [0.15, 0.2) is 28.9 Å². The van der Waals surface area contributed by atoms with E-state index in [1.165, 1.54) is 25.8 Å². The van der Waals surface area contributed by atoms with Crippen LogP contribution in [0.25, 0.3) is 11.5 Å². The molecular formula is C19H28N6O2. The van der Waals surface area contributed by atoms with Gasteiger partial charge in [0.15, 0.2) is 0 Å². The van der Waals surface area contributed by atoms with E-state index in [4.69, 9.17) is 4.52 Å². The van der Waals surface area contributed by atoms with Crippen molar-refractivity contribution in [1.82, 2.24) is 30.2 Å². The number of rotatable bonds is 7. The summed E-state index contributed by atoms with van der Waals surface area (Å²) in [5, 5.41) is 6.96. The Bertz CT molecular complexity index is 718. The van der Waals surface area contributed by atoms with E-state index in [0.29, 0.717) is 29.9 Å². The molecule has 3 heterocycles. The van der Waals surface area contributed by atoms with Gasteiger partial charge in [-0.1, -0.05) is 18.1 Å². The van der Waals surface area contributed by atoms with Crippen LogP contribution in [0, 0.1) is 5.92 Å². The minimum Gasteiger partial charge on any atom is -0.338 e. The molecule has 1 fully saturated rings. The maximum absolute atomic E-state index is 12.4. The summed E-state index contributed by atoms with van der Waals surface area (Å²) >= 11 is 0. The summed E-state index contributed by atoms with van der Waals surface area (Å²) in [7, 11) is 1.73. The fourth-order valence-electron chi connectivity index (χ4n) is 3.40. The summed E-state index contributed by atoms with van der Waals surface area (Å²) in [5.41, 5.74) is 0.647. The van der Waals surface area contributed by atoms with Crippen molar-refractivity contribution in [3.63, 3.8) is 0 Å². The molecule has 27 heavy (non-hydrogen) atoms. The lowest BCUT2D eigenvalue weighted by atomic mass is 9.98. The molecule has 0 unspecified atom stereocenters. The molecule has 0 spiro atoms. The molecule has 8 nitrogen and oxygen atoms in total. The summed E-state index contributed by atoms with van der Waals surface area (Å²) in [6, 6.07) is 5.39. The number of amides is 2. The fraction of sp³-hybridized carbons (Fsp3) is 0.579. The maximum Gasteiger partial charge on any atom is 0.317 e. The van der Waals surface area contributed by atoms with Crippen molar-refractivity contribution in [2.75, 3.05) is 33.2 Å². The molecule has 1 atom stereocenters. The van der Waals surface area contributed by atoms with Gasteiger partial charge < -0.3 is 19.6 Å². The van der Waals surface area contributed by atoms with Gasteiger partial charge in [0.2, 0.25) is 11.7 Å². The number of nitrogens with one attached hydrogen (secondary N) is 1. The lowest BCUT2D eigenvalue weighted by Gasteiger charge is -2.32. The zero-order chi connectivity index (χ0) is 19.1. The zero-order valence-corrected chi connectivity index (χ0v) is 16.1. The third-order valence-electron chi connectivity index (χ3n) is 4.77. The van der Waals surface area contributed by atoms with Gasteiger partial charge in [-0.15, -0.1) is 0 Å². The average molecular weight is 372 g/mol. The molecule has 1 saturated heterocycles. The van der Waals surface area contributed by atoms with E-state index in [1.54, 1.807) is 18.1 Å². The Morgan fingerprint density at radius 1 is 1.44 bits per heavy atom. The third kappa shape index (κ3) is 5.50. The number of hydrogen-bond donors (Lipinski definition) is 1. The second-order valence-electron chi connectivity index (χ2n) is 7.08. The summed E-state index contributed by atoms with van der Waals surface area (Å²) in [4.78, 5) is 24.9. The number of likely N-dealkylation sites (tertiary alicyclic amines) is 1. The molecular weight excluding hydrogens is 344 g/mol. The Balaban J connectivity index is 1.46. The molecule has 2 amide bonds. The number of urea groups is 1. The van der Waals surface area contributed by atoms with E-state index in [2.05, 4.69) is 32.3 Å². The first-order valence-corrected chi connectivity index (χ1v) is 9.61. The highest BCUT2D eigenvalue weighted by Gasteiger charge is 2.21. The Kier molecular flexibility index (Phi) is 6.75. The summed E-state index contributed by atoms with van der Waals surface area (Å²) in [6.07, 6.45) is 5.22. The molecule has 146 valence electrons. The van der Waals surface area contributed by atoms with E-state index < -0.39 is 0 Å². The van der Waals surface area contributed by atoms with Crippen LogP contribution in [0.4, 0.5) is 4.79 Å². The molecule has 1 aliphatic rings. The van der Waals surface area contributed by atoms with E-state index in [-0.39, 0.29) is 12.6 Å². The highest BCUT2D eigenvalue weighted by atomic mass is 16.5. The van der Waals surface area contributed by atoms with Crippen molar-refractivity contribution in [2.24, 2.45) is 5.92 Å². The number of carbonyl (C=O) groups is 1. The van der Waals surface area contributed by atoms with Crippen LogP contribution in [-0.4, -0.2) is 64.2 Å². The van der Waals surface area contributed by atoms with Crippen molar-refractivity contribution in [1.29, 1.82) is 0 Å². The number of hydrogen-bond acceptors (Lipinski definition) is 6. The second kappa shape index (κ2) is 9.45. The molecule has 8 heteroatoms. The molecule has 0 aromatic carbocycles. The molecule has 1 aliphatic heterocycles. The predicted octanol–water partition coefficient (Wildman–Crippen LogP) is 2.40. The number of aromatic nitrogens is 3. The fourth-order valence-corrected chi connectivity index (χ4v) is 3.40. The van der Waals surface area contributed by atoms with Crippen LogP contribution in [0.1, 0.15) is 32.1 Å². The number of pyridine rings is 1. The van der Waals surface area contributed by atoms with E-state index in [0.717, 1.165) is 13.1 Å². The van der Waals surface area contributed by atoms with Gasteiger partial charge in [0, 0.05) is 26.3 Å². The van der Waals surface area contributed by atoms with E-state index >= 15 is 0 Å². The highest BCUT2D eigenvalue weighted by Crippen LogP contribution is 2.16. The number of piperidine rings is 1. The lowest BCUT2D eigenvalue weighted by molar-refractivity contribution is 0.166. The van der Waals surface area contributed by atoms with Gasteiger partial charge in [-0.3, -0.25) is 4.98 Å². The summed E-state index contributed by atoms with van der Waals surface area (Å²) in [5.74, 6) is 1.33. The largest absolute Gasteiger partial charge is 0.338 e. The maximum atomic E-state index is 12.4. The van der Waals surface area contributed by atoms with Crippen molar-refractivity contribution in [2.45, 2.75) is 32.7 Å². The van der Waals surface area contributed by atoms with Crippen molar-refractivity contribution < 1.29 is 9.32 Å². The topological polar surface area (TPSA) is 87.4 Å². The summed E-state index contributed by atoms with van der Waals surface area (Å²) in [6.45, 7) is 6.55. The van der Waals surface area contributed by atoms with Gasteiger partial charge in [-0.2, -0.15) is 4.98 Å². The first-order chi connectivity index (χ1) is 13.2. The van der Waals surface area contributed by atoms with Crippen molar-refractivity contribution in [3.8, 4) is 11.5 Å². The van der Waals surface area contributed by atoms with Crippen LogP contribution >= 0.6 is 0 Å². The molecule has 0 radical (unpaired) electrons. The normalized spacial score (nSPS) is 17.6. The van der Waals surface area contributed by atoms with Crippen LogP contribution in [-0.2, 0) is 6.54 Å². The van der Waals surface area contributed by atoms with Crippen LogP contribution in [0.5, 0.6) is 0 Å². The van der Waals surface area contributed by atoms with Gasteiger partial charge >= 0.3 is 6.03 Å². The zero-order valence-electron chi connectivity index (χ0n) is 16.1. The van der Waals surface area contributed by atoms with E-state index in [1.807, 2.05) is 18.2 Å². The van der Waals surface area contributed by atoms with Gasteiger partial charge in [0.25, 0.3) is 0 Å². The average Bonchev–Trinajstić information content (AvgIpc) is 3.16. The smallest absolute Gasteiger partial charge is 0.317 e. The predicted molar refractivity (Wildman–Crippen MR) is 102 cm³/mol. The number of nitrogens with zero attached hydrogens (tertiary/aromatic N) is 5. The van der Waals surface area contributed by atoms with Crippen molar-refractivity contribution >= 4 is 6.03 Å². The van der Waals surface area contributed by atoms with Gasteiger partial charge in [0.1, 0.15) is 12.2 Å². The molecule has 3 rings (SSSR count). The third-order valence-corrected chi connectivity index (χ3v) is 4.77. The standard InChI is InChI=1S/C19H28N6O2/c1-3-10-25-11-6-7-15(13-25)12-21-19(26)24(2)14-17-22-18(23-27-17)16-8-4-5-9-20-16/h4-5,8-9,15H,3,6-7,10-14H2,1-2H3,(H,21,26)/t15-/m0/s1. The minimum atomic E-state index is -0.125. The Labute approximate surface area is 159 Å². The van der Waals surface area contributed by atoms with Crippen LogP contribution in [0.3, 0.4) is 0 Å². The Morgan fingerprint density at radius 2 is 2.33 bits per heavy atom. The lowest BCUT2D eigenvalue weighted by Crippen LogP contribution is -2.44. The van der Waals surface area contributed by atoms with Crippen LogP contribution < -0.4 is 5.32 Å². The molecule has 0 saturated carbocycles. The monoisotopic (exact) mass is 372 g/mol. The minimum absolute atomic E-state index is 0.125. The molecule has 1 N–H and O–H groups in total. The summed E-state index contributed by atoms with van der Waals surface area (Å²) < 4.78 is 5.25. The van der Waals surface area contributed by atoms with Crippen molar-refractivity contribution in [3.05, 3.63) is 30.3 Å². The van der Waals surface area contributed by atoms with Crippen LogP contribution in [0.2, 0.25) is 0 Å². The van der Waals surface area contributed by atoms with Gasteiger partial charge in [-0.25, -0.2) is 4.79 Å². The molecule has 0 bridgehead atoms. The number of carbonyl (C=O) groups excluding carboxylic acids is 1. The first kappa shape index (κ1) is 19.3. The first-order valence-electron chi connectivity index (χ1n) is 9.61. The van der Waals surface area contributed by atoms with E-state index in [9.17, 15) is 4.79 Å². The SMILES string of the molecule is CCCN1CCC[C@@H](CNC(=O)N(C)Cc2nc(-c3ccccn3)no2)C1. The highest BCUT2D eigenvalue weighted by molar-refractivity contribution is 5.73. The Hall–Kier alpha value is -2.48. The molecule has 0 aliphatic carbocycles. The van der Waals surface area contributed by atoms with Gasteiger partial charge in [0.05, 0.1) is 0 Å². The Morgan fingerprint density at radius 3 is 3.11 bits per heavy atom. The van der Waals surface area contributed by atoms with Gasteiger partial charge in [-0.05, 0) is 50.4 Å².